The van der Waals surface area contributed by atoms with Gasteiger partial charge in [-0.25, -0.2) is 0 Å². The van der Waals surface area contributed by atoms with Crippen LogP contribution >= 0.6 is 39.0 Å². The van der Waals surface area contributed by atoms with E-state index in [1.165, 1.54) is 23.1 Å². The van der Waals surface area contributed by atoms with Crippen LogP contribution in [0.5, 0.6) is 5.75 Å². The van der Waals surface area contributed by atoms with Crippen molar-refractivity contribution in [1.29, 1.82) is 0 Å². The highest BCUT2D eigenvalue weighted by Gasteiger charge is 2.20. The summed E-state index contributed by atoms with van der Waals surface area (Å²) < 4.78 is 7.50. The van der Waals surface area contributed by atoms with Gasteiger partial charge in [-0.3, -0.25) is 10.1 Å². The molecule has 0 fully saturated rings. The maximum atomic E-state index is 12.0. The molecular formula is C15H18BrN3O2S2. The van der Waals surface area contributed by atoms with Crippen molar-refractivity contribution in [1.82, 2.24) is 10.2 Å². The number of nitrogens with zero attached hydrogens (tertiary/aromatic N) is 2. The summed E-state index contributed by atoms with van der Waals surface area (Å²) in [6.45, 7) is 6.24. The molecule has 5 nitrogen and oxygen atoms in total. The zero-order valence-corrected chi connectivity index (χ0v) is 16.6. The molecule has 1 aromatic carbocycles. The summed E-state index contributed by atoms with van der Waals surface area (Å²) in [7, 11) is 0. The predicted octanol–water partition coefficient (Wildman–Crippen LogP) is 4.34. The number of hydrogen-bond acceptors (Lipinski definition) is 6. The van der Waals surface area contributed by atoms with Crippen molar-refractivity contribution in [3.8, 4) is 5.75 Å². The number of carbonyl (C=O) groups excluding carboxylic acids is 1. The summed E-state index contributed by atoms with van der Waals surface area (Å²) in [4.78, 5) is 12.0. The van der Waals surface area contributed by atoms with Gasteiger partial charge in [-0.1, -0.05) is 59.8 Å². The minimum absolute atomic E-state index is 0.0705. The van der Waals surface area contributed by atoms with Crippen LogP contribution in [0.3, 0.4) is 0 Å². The molecule has 124 valence electrons. The van der Waals surface area contributed by atoms with Gasteiger partial charge in [-0.05, 0) is 29.9 Å². The van der Waals surface area contributed by atoms with Crippen LogP contribution in [0.15, 0.2) is 27.0 Å². The highest BCUT2D eigenvalue weighted by molar-refractivity contribution is 9.10. The van der Waals surface area contributed by atoms with E-state index in [0.717, 1.165) is 14.4 Å². The second kappa shape index (κ2) is 7.63. The van der Waals surface area contributed by atoms with Gasteiger partial charge in [0.2, 0.25) is 5.13 Å². The van der Waals surface area contributed by atoms with Crippen molar-refractivity contribution in [2.45, 2.75) is 30.5 Å². The molecule has 2 rings (SSSR count). The summed E-state index contributed by atoms with van der Waals surface area (Å²) in [6, 6.07) is 5.79. The van der Waals surface area contributed by atoms with E-state index in [2.05, 4.69) is 52.2 Å². The van der Waals surface area contributed by atoms with Crippen molar-refractivity contribution in [3.63, 3.8) is 0 Å². The topological polar surface area (TPSA) is 64.1 Å². The van der Waals surface area contributed by atoms with Gasteiger partial charge in [0.25, 0.3) is 5.91 Å². The molecule has 0 aliphatic heterocycles. The second-order valence-corrected chi connectivity index (χ2v) is 8.75. The number of anilines is 1. The molecule has 8 heteroatoms. The fraction of sp³-hybridized carbons (Fsp3) is 0.400. The summed E-state index contributed by atoms with van der Waals surface area (Å²) >= 11 is 6.30. The van der Waals surface area contributed by atoms with Crippen molar-refractivity contribution >= 4 is 50.1 Å². The van der Waals surface area contributed by atoms with Crippen LogP contribution in [0.25, 0.3) is 0 Å². The highest BCUT2D eigenvalue weighted by Crippen LogP contribution is 2.33. The first kappa shape index (κ1) is 18.2. The van der Waals surface area contributed by atoms with Gasteiger partial charge in [0.05, 0.1) is 0 Å². The molecule has 0 atom stereocenters. The van der Waals surface area contributed by atoms with E-state index in [4.69, 9.17) is 4.74 Å². The van der Waals surface area contributed by atoms with Crippen LogP contribution in [0.4, 0.5) is 5.13 Å². The third-order valence-electron chi connectivity index (χ3n) is 2.94. The Balaban J connectivity index is 2.01. The zero-order chi connectivity index (χ0) is 17.0. The maximum absolute atomic E-state index is 12.0. The zero-order valence-electron chi connectivity index (χ0n) is 13.3. The minimum Gasteiger partial charge on any atom is -0.483 e. The largest absolute Gasteiger partial charge is 0.483 e. The lowest BCUT2D eigenvalue weighted by molar-refractivity contribution is -0.118. The van der Waals surface area contributed by atoms with Crippen molar-refractivity contribution in [3.05, 3.63) is 28.2 Å². The number of aromatic nitrogens is 2. The van der Waals surface area contributed by atoms with E-state index in [0.29, 0.717) is 10.9 Å². The number of amides is 1. The molecule has 0 aliphatic rings. The van der Waals surface area contributed by atoms with Gasteiger partial charge in [0.15, 0.2) is 10.9 Å². The third kappa shape index (κ3) is 5.19. The lowest BCUT2D eigenvalue weighted by Crippen LogP contribution is -2.22. The molecule has 2 aromatic rings. The fourth-order valence-corrected chi connectivity index (χ4v) is 3.40. The summed E-state index contributed by atoms with van der Waals surface area (Å²) in [5, 5.41) is 11.0. The van der Waals surface area contributed by atoms with Crippen LogP contribution in [-0.4, -0.2) is 29.0 Å². The molecule has 0 radical (unpaired) electrons. The molecule has 0 saturated heterocycles. The number of ether oxygens (including phenoxy) is 1. The quantitative estimate of drug-likeness (QED) is 0.581. The lowest BCUT2D eigenvalue weighted by Gasteiger charge is -2.23. The number of halogens is 1. The number of rotatable bonds is 5. The normalized spacial score (nSPS) is 11.3. The van der Waals surface area contributed by atoms with E-state index >= 15 is 0 Å². The van der Waals surface area contributed by atoms with E-state index in [1.54, 1.807) is 0 Å². The first-order valence-corrected chi connectivity index (χ1v) is 9.73. The number of nitrogens with one attached hydrogen (secondary N) is 1. The van der Waals surface area contributed by atoms with Gasteiger partial charge in [0, 0.05) is 10.0 Å². The molecular weight excluding hydrogens is 398 g/mol. The SMILES string of the molecule is CSc1nnc(NC(=O)COc2ccc(Br)cc2C(C)(C)C)s1. The van der Waals surface area contributed by atoms with E-state index in [9.17, 15) is 4.79 Å². The van der Waals surface area contributed by atoms with Gasteiger partial charge < -0.3 is 4.74 Å². The van der Waals surface area contributed by atoms with Crippen molar-refractivity contribution in [2.24, 2.45) is 0 Å². The number of benzene rings is 1. The third-order valence-corrected chi connectivity index (χ3v) is 5.24. The summed E-state index contributed by atoms with van der Waals surface area (Å²) in [5.74, 6) is 0.453. The van der Waals surface area contributed by atoms with E-state index in [1.807, 2.05) is 24.5 Å². The Hall–Kier alpha value is -1.12. The van der Waals surface area contributed by atoms with Crippen LogP contribution in [0, 0.1) is 0 Å². The Morgan fingerprint density at radius 2 is 2.13 bits per heavy atom. The van der Waals surface area contributed by atoms with Crippen molar-refractivity contribution in [2.75, 3.05) is 18.2 Å². The van der Waals surface area contributed by atoms with Crippen LogP contribution in [-0.2, 0) is 10.2 Å². The first-order valence-electron chi connectivity index (χ1n) is 6.90. The Morgan fingerprint density at radius 1 is 1.39 bits per heavy atom. The molecule has 1 aromatic heterocycles. The van der Waals surface area contributed by atoms with Gasteiger partial charge in [-0.15, -0.1) is 10.2 Å². The van der Waals surface area contributed by atoms with Crippen LogP contribution in [0.2, 0.25) is 0 Å². The number of hydrogen-bond donors (Lipinski definition) is 1. The van der Waals surface area contributed by atoms with Crippen LogP contribution < -0.4 is 10.1 Å². The maximum Gasteiger partial charge on any atom is 0.264 e. The average Bonchev–Trinajstić information content (AvgIpc) is 2.92. The molecule has 0 unspecified atom stereocenters. The van der Waals surface area contributed by atoms with E-state index in [-0.39, 0.29) is 17.9 Å². The fourth-order valence-electron chi connectivity index (χ4n) is 1.86. The van der Waals surface area contributed by atoms with Gasteiger partial charge in [-0.2, -0.15) is 0 Å². The Kier molecular flexibility index (Phi) is 6.05. The Bertz CT molecular complexity index is 698. The standard InChI is InChI=1S/C15H18BrN3O2S2/c1-15(2,3)10-7-9(16)5-6-11(10)21-8-12(20)17-13-18-19-14(22-4)23-13/h5-7H,8H2,1-4H3,(H,17,18,20). The summed E-state index contributed by atoms with van der Waals surface area (Å²) in [6.07, 6.45) is 1.91. The number of thioether (sulfide) groups is 1. The molecule has 1 amide bonds. The smallest absolute Gasteiger partial charge is 0.264 e. The monoisotopic (exact) mass is 415 g/mol. The molecule has 0 aliphatic carbocycles. The Morgan fingerprint density at radius 3 is 2.74 bits per heavy atom. The molecule has 0 spiro atoms. The first-order chi connectivity index (χ1) is 10.8. The van der Waals surface area contributed by atoms with Gasteiger partial charge >= 0.3 is 0 Å². The van der Waals surface area contributed by atoms with Crippen molar-refractivity contribution < 1.29 is 9.53 Å². The lowest BCUT2D eigenvalue weighted by atomic mass is 9.86. The highest BCUT2D eigenvalue weighted by atomic mass is 79.9. The molecule has 23 heavy (non-hydrogen) atoms. The Labute approximate surface area is 152 Å². The molecule has 1 heterocycles. The predicted molar refractivity (Wildman–Crippen MR) is 98.7 cm³/mol. The minimum atomic E-state index is -0.253. The van der Waals surface area contributed by atoms with Gasteiger partial charge in [0.1, 0.15) is 5.75 Å². The molecule has 1 N–H and O–H groups in total. The second-order valence-electron chi connectivity index (χ2n) is 5.80. The number of carbonyl (C=O) groups is 1. The summed E-state index contributed by atoms with van der Waals surface area (Å²) in [5.41, 5.74) is 0.961. The van der Waals surface area contributed by atoms with Crippen LogP contribution in [0.1, 0.15) is 26.3 Å². The average molecular weight is 416 g/mol. The van der Waals surface area contributed by atoms with E-state index < -0.39 is 0 Å². The molecule has 0 bridgehead atoms. The molecule has 0 saturated carbocycles.